The van der Waals surface area contributed by atoms with Gasteiger partial charge in [-0.3, -0.25) is 10.1 Å². The highest BCUT2D eigenvalue weighted by Crippen LogP contribution is 2.29. The van der Waals surface area contributed by atoms with Gasteiger partial charge >= 0.3 is 6.03 Å². The first-order chi connectivity index (χ1) is 7.54. The van der Waals surface area contributed by atoms with Crippen LogP contribution in [-0.2, 0) is 4.79 Å². The molecule has 2 rings (SSSR count). The summed E-state index contributed by atoms with van der Waals surface area (Å²) in [5.74, 6) is -0.339. The lowest BCUT2D eigenvalue weighted by atomic mass is 9.82. The molecular weight excluding hydrogens is 204 g/mol. The third-order valence-corrected chi connectivity index (χ3v) is 3.24. The maximum absolute atomic E-state index is 11.7. The normalized spacial score (nSPS) is 26.1. The largest absolute Gasteiger partial charge is 0.323 e. The standard InChI is InChI=1S/C12H14N2O2/c1-8(9-6-4-3-5-7-9)12(2)10(15)13-11(16)14-12/h3-8H,1-2H3,(H2,13,14,15,16)/t8-,12+/m1/s1. The number of rotatable bonds is 2. The van der Waals surface area contributed by atoms with E-state index in [1.165, 1.54) is 0 Å². The lowest BCUT2D eigenvalue weighted by Crippen LogP contribution is -2.48. The Morgan fingerprint density at radius 1 is 1.19 bits per heavy atom. The third kappa shape index (κ3) is 1.56. The van der Waals surface area contributed by atoms with Crippen LogP contribution in [0.15, 0.2) is 30.3 Å². The van der Waals surface area contributed by atoms with E-state index >= 15 is 0 Å². The summed E-state index contributed by atoms with van der Waals surface area (Å²) in [5.41, 5.74) is 0.167. The van der Waals surface area contributed by atoms with E-state index in [2.05, 4.69) is 10.6 Å². The molecule has 84 valence electrons. The zero-order valence-electron chi connectivity index (χ0n) is 9.28. The third-order valence-electron chi connectivity index (χ3n) is 3.24. The molecule has 1 aliphatic heterocycles. The minimum atomic E-state index is -0.863. The van der Waals surface area contributed by atoms with E-state index in [4.69, 9.17) is 0 Å². The molecule has 0 radical (unpaired) electrons. The average molecular weight is 218 g/mol. The minimum Gasteiger partial charge on any atom is -0.323 e. The van der Waals surface area contributed by atoms with E-state index in [1.807, 2.05) is 37.3 Å². The molecule has 3 amide bonds. The Morgan fingerprint density at radius 2 is 1.81 bits per heavy atom. The van der Waals surface area contributed by atoms with Crippen LogP contribution in [-0.4, -0.2) is 17.5 Å². The average Bonchev–Trinajstić information content (AvgIpc) is 2.54. The maximum Gasteiger partial charge on any atom is 0.322 e. The lowest BCUT2D eigenvalue weighted by molar-refractivity contribution is -0.124. The molecule has 0 bridgehead atoms. The first-order valence-electron chi connectivity index (χ1n) is 5.22. The molecule has 0 spiro atoms. The lowest BCUT2D eigenvalue weighted by Gasteiger charge is -2.28. The van der Waals surface area contributed by atoms with Crippen LogP contribution in [0.25, 0.3) is 0 Å². The monoisotopic (exact) mass is 218 g/mol. The van der Waals surface area contributed by atoms with Crippen LogP contribution >= 0.6 is 0 Å². The fraction of sp³-hybridized carbons (Fsp3) is 0.333. The smallest absolute Gasteiger partial charge is 0.322 e. The van der Waals surface area contributed by atoms with Crippen LogP contribution in [0.2, 0.25) is 0 Å². The van der Waals surface area contributed by atoms with Crippen LogP contribution < -0.4 is 10.6 Å². The van der Waals surface area contributed by atoms with Crippen molar-refractivity contribution < 1.29 is 9.59 Å². The minimum absolute atomic E-state index is 0.0693. The summed E-state index contributed by atoms with van der Waals surface area (Å²) in [6.07, 6.45) is 0. The summed E-state index contributed by atoms with van der Waals surface area (Å²) in [4.78, 5) is 22.9. The van der Waals surface area contributed by atoms with Gasteiger partial charge in [0.1, 0.15) is 5.54 Å². The summed E-state index contributed by atoms with van der Waals surface area (Å²) < 4.78 is 0. The Balaban J connectivity index is 2.32. The van der Waals surface area contributed by atoms with Crippen molar-refractivity contribution in [3.63, 3.8) is 0 Å². The highest BCUT2D eigenvalue weighted by atomic mass is 16.2. The van der Waals surface area contributed by atoms with E-state index in [-0.39, 0.29) is 11.8 Å². The molecule has 1 aromatic carbocycles. The van der Waals surface area contributed by atoms with Crippen molar-refractivity contribution in [3.8, 4) is 0 Å². The van der Waals surface area contributed by atoms with Crippen LogP contribution in [0.3, 0.4) is 0 Å². The van der Waals surface area contributed by atoms with Gasteiger partial charge < -0.3 is 5.32 Å². The fourth-order valence-electron chi connectivity index (χ4n) is 1.94. The van der Waals surface area contributed by atoms with Gasteiger partial charge in [-0.05, 0) is 12.5 Å². The van der Waals surface area contributed by atoms with E-state index in [9.17, 15) is 9.59 Å². The quantitative estimate of drug-likeness (QED) is 0.737. The zero-order chi connectivity index (χ0) is 11.8. The first-order valence-corrected chi connectivity index (χ1v) is 5.22. The van der Waals surface area contributed by atoms with Crippen molar-refractivity contribution in [2.75, 3.05) is 0 Å². The van der Waals surface area contributed by atoms with Crippen molar-refractivity contribution >= 4 is 11.9 Å². The second kappa shape index (κ2) is 3.63. The molecule has 1 aliphatic rings. The first kappa shape index (κ1) is 10.7. The number of carbonyl (C=O) groups excluding carboxylic acids is 2. The van der Waals surface area contributed by atoms with Crippen molar-refractivity contribution in [3.05, 3.63) is 35.9 Å². The fourth-order valence-corrected chi connectivity index (χ4v) is 1.94. The number of hydrogen-bond donors (Lipinski definition) is 2. The molecule has 0 unspecified atom stereocenters. The molecule has 0 aromatic heterocycles. The van der Waals surface area contributed by atoms with Crippen molar-refractivity contribution in [2.45, 2.75) is 25.3 Å². The van der Waals surface area contributed by atoms with E-state index in [1.54, 1.807) is 6.92 Å². The molecule has 0 aliphatic carbocycles. The van der Waals surface area contributed by atoms with Gasteiger partial charge in [-0.25, -0.2) is 4.79 Å². The predicted molar refractivity (Wildman–Crippen MR) is 59.9 cm³/mol. The van der Waals surface area contributed by atoms with Gasteiger partial charge in [0.25, 0.3) is 5.91 Å². The van der Waals surface area contributed by atoms with Gasteiger partial charge in [-0.15, -0.1) is 0 Å². The number of amides is 3. The predicted octanol–water partition coefficient (Wildman–Crippen LogP) is 1.39. The highest BCUT2D eigenvalue weighted by molar-refractivity contribution is 6.07. The maximum atomic E-state index is 11.7. The Bertz CT molecular complexity index is 430. The van der Waals surface area contributed by atoms with Gasteiger partial charge in [0, 0.05) is 5.92 Å². The molecule has 1 saturated heterocycles. The summed E-state index contributed by atoms with van der Waals surface area (Å²) in [6, 6.07) is 9.25. The van der Waals surface area contributed by atoms with Crippen molar-refractivity contribution in [2.24, 2.45) is 0 Å². The second-order valence-electron chi connectivity index (χ2n) is 4.24. The summed E-state index contributed by atoms with van der Waals surface area (Å²) in [7, 11) is 0. The topological polar surface area (TPSA) is 58.2 Å². The Labute approximate surface area is 94.0 Å². The SMILES string of the molecule is C[C@H](c1ccccc1)[C@]1(C)NC(=O)NC1=O. The van der Waals surface area contributed by atoms with Gasteiger partial charge in [0.05, 0.1) is 0 Å². The summed E-state index contributed by atoms with van der Waals surface area (Å²) in [6.45, 7) is 3.67. The molecule has 1 heterocycles. The van der Waals surface area contributed by atoms with E-state index in [0.29, 0.717) is 0 Å². The molecule has 4 heteroatoms. The second-order valence-corrected chi connectivity index (χ2v) is 4.24. The molecular formula is C12H14N2O2. The number of carbonyl (C=O) groups is 2. The Morgan fingerprint density at radius 3 is 2.31 bits per heavy atom. The zero-order valence-corrected chi connectivity index (χ0v) is 9.28. The molecule has 16 heavy (non-hydrogen) atoms. The highest BCUT2D eigenvalue weighted by Gasteiger charge is 2.46. The molecule has 0 saturated carbocycles. The molecule has 2 atom stereocenters. The Kier molecular flexibility index (Phi) is 2.42. The number of hydrogen-bond acceptors (Lipinski definition) is 2. The number of imide groups is 1. The van der Waals surface area contributed by atoms with E-state index < -0.39 is 11.6 Å². The van der Waals surface area contributed by atoms with Gasteiger partial charge in [-0.2, -0.15) is 0 Å². The summed E-state index contributed by atoms with van der Waals surface area (Å²) in [5, 5.41) is 4.95. The van der Waals surface area contributed by atoms with Crippen molar-refractivity contribution in [1.82, 2.24) is 10.6 Å². The molecule has 1 aromatic rings. The number of benzene rings is 1. The van der Waals surface area contributed by atoms with Gasteiger partial charge in [-0.1, -0.05) is 37.3 Å². The van der Waals surface area contributed by atoms with Crippen LogP contribution in [0.4, 0.5) is 4.79 Å². The van der Waals surface area contributed by atoms with Gasteiger partial charge in [0.15, 0.2) is 0 Å². The van der Waals surface area contributed by atoms with Gasteiger partial charge in [0.2, 0.25) is 0 Å². The number of nitrogens with one attached hydrogen (secondary N) is 2. The van der Waals surface area contributed by atoms with Crippen molar-refractivity contribution in [1.29, 1.82) is 0 Å². The van der Waals surface area contributed by atoms with E-state index in [0.717, 1.165) is 5.56 Å². The Hall–Kier alpha value is -1.84. The van der Waals surface area contributed by atoms with Crippen LogP contribution in [0.5, 0.6) is 0 Å². The van der Waals surface area contributed by atoms with Crippen LogP contribution in [0, 0.1) is 0 Å². The molecule has 1 fully saturated rings. The van der Waals surface area contributed by atoms with Crippen LogP contribution in [0.1, 0.15) is 25.3 Å². The molecule has 2 N–H and O–H groups in total. The molecule has 4 nitrogen and oxygen atoms in total. The summed E-state index contributed by atoms with van der Waals surface area (Å²) >= 11 is 0. The number of urea groups is 1.